The Kier molecular flexibility index (Phi) is 3.57. The van der Waals surface area contributed by atoms with Gasteiger partial charge in [0.2, 0.25) is 5.78 Å². The molecule has 116 valence electrons. The fourth-order valence-electron chi connectivity index (χ4n) is 3.63. The van der Waals surface area contributed by atoms with Gasteiger partial charge >= 0.3 is 5.97 Å². The van der Waals surface area contributed by atoms with Gasteiger partial charge < -0.3 is 10.1 Å². The third-order valence-electron chi connectivity index (χ3n) is 4.96. The van der Waals surface area contributed by atoms with Crippen LogP contribution in [0.2, 0.25) is 0 Å². The molecular weight excluding hydrogens is 346 g/mol. The Morgan fingerprint density at radius 3 is 2.95 bits per heavy atom. The van der Waals surface area contributed by atoms with Crippen molar-refractivity contribution in [2.24, 2.45) is 5.92 Å². The monoisotopic (exact) mass is 363 g/mol. The zero-order valence-corrected chi connectivity index (χ0v) is 13.8. The van der Waals surface area contributed by atoms with Crippen molar-refractivity contribution in [1.82, 2.24) is 5.32 Å². The summed E-state index contributed by atoms with van der Waals surface area (Å²) in [5.74, 6) is 0.322. The van der Waals surface area contributed by atoms with E-state index in [0.29, 0.717) is 23.9 Å². The van der Waals surface area contributed by atoms with Crippen LogP contribution in [-0.2, 0) is 16.0 Å². The average molecular weight is 364 g/mol. The molecule has 0 radical (unpaired) electrons. The van der Waals surface area contributed by atoms with Gasteiger partial charge in [0.05, 0.1) is 0 Å². The highest BCUT2D eigenvalue weighted by molar-refractivity contribution is 9.10. The first-order valence-electron chi connectivity index (χ1n) is 7.91. The molecule has 4 nitrogen and oxygen atoms in total. The van der Waals surface area contributed by atoms with Gasteiger partial charge in [0.15, 0.2) is 6.10 Å². The summed E-state index contributed by atoms with van der Waals surface area (Å²) in [6, 6.07) is 5.97. The third-order valence-corrected chi connectivity index (χ3v) is 5.45. The molecule has 1 saturated carbocycles. The normalized spacial score (nSPS) is 32.9. The van der Waals surface area contributed by atoms with Gasteiger partial charge in [-0.2, -0.15) is 0 Å². The predicted molar refractivity (Wildman–Crippen MR) is 84.7 cm³/mol. The van der Waals surface area contributed by atoms with E-state index in [0.717, 1.165) is 29.3 Å². The second-order valence-electron chi connectivity index (χ2n) is 6.54. The fraction of sp³-hybridized carbons (Fsp3) is 0.529. The van der Waals surface area contributed by atoms with Crippen molar-refractivity contribution in [2.45, 2.75) is 50.3 Å². The van der Waals surface area contributed by atoms with Crippen LogP contribution >= 0.6 is 15.9 Å². The zero-order chi connectivity index (χ0) is 15.3. The standard InChI is InChI=1S/C17H18BrNO3/c18-11-4-5-12-9(6-11)2-1-3-15(16(12)20)22-17(21)14-8-10-7-13(10)19-14/h4-6,10,13-15,19H,1-3,7-8H2/t10?,13?,14-,15?/m0/s1. The predicted octanol–water partition coefficient (Wildman–Crippen LogP) is 2.63. The van der Waals surface area contributed by atoms with E-state index in [9.17, 15) is 9.59 Å². The highest BCUT2D eigenvalue weighted by Gasteiger charge is 2.49. The molecule has 3 unspecified atom stereocenters. The van der Waals surface area contributed by atoms with Crippen molar-refractivity contribution in [3.05, 3.63) is 33.8 Å². The summed E-state index contributed by atoms with van der Waals surface area (Å²) in [5.41, 5.74) is 1.74. The molecular formula is C17H18BrNO3. The lowest BCUT2D eigenvalue weighted by Gasteiger charge is -2.19. The van der Waals surface area contributed by atoms with E-state index < -0.39 is 6.10 Å². The third kappa shape index (κ3) is 2.61. The summed E-state index contributed by atoms with van der Waals surface area (Å²) in [4.78, 5) is 24.9. The van der Waals surface area contributed by atoms with Crippen molar-refractivity contribution in [2.75, 3.05) is 0 Å². The van der Waals surface area contributed by atoms with E-state index >= 15 is 0 Å². The minimum Gasteiger partial charge on any atom is -0.453 e. The number of hydrogen-bond donors (Lipinski definition) is 1. The van der Waals surface area contributed by atoms with Gasteiger partial charge in [-0.15, -0.1) is 0 Å². The van der Waals surface area contributed by atoms with E-state index in [-0.39, 0.29) is 17.8 Å². The van der Waals surface area contributed by atoms with Crippen molar-refractivity contribution >= 4 is 27.7 Å². The van der Waals surface area contributed by atoms with E-state index in [2.05, 4.69) is 21.2 Å². The molecule has 1 saturated heterocycles. The van der Waals surface area contributed by atoms with E-state index in [4.69, 9.17) is 4.74 Å². The van der Waals surface area contributed by atoms with Crippen LogP contribution in [0, 0.1) is 5.92 Å². The number of Topliss-reactive ketones (excluding diaryl/α,β-unsaturated/α-hetero) is 1. The number of esters is 1. The molecule has 2 fully saturated rings. The molecule has 5 heteroatoms. The first-order chi connectivity index (χ1) is 10.6. The number of carbonyl (C=O) groups excluding carboxylic acids is 2. The molecule has 1 aliphatic heterocycles. The number of nitrogens with one attached hydrogen (secondary N) is 1. The Bertz CT molecular complexity index is 635. The molecule has 0 spiro atoms. The van der Waals surface area contributed by atoms with E-state index in [1.807, 2.05) is 18.2 Å². The lowest BCUT2D eigenvalue weighted by molar-refractivity contribution is -0.149. The topological polar surface area (TPSA) is 55.4 Å². The van der Waals surface area contributed by atoms with Crippen molar-refractivity contribution in [3.63, 3.8) is 0 Å². The second-order valence-corrected chi connectivity index (χ2v) is 7.46. The van der Waals surface area contributed by atoms with Crippen LogP contribution in [0.5, 0.6) is 0 Å². The Hall–Kier alpha value is -1.20. The van der Waals surface area contributed by atoms with Crippen LogP contribution in [0.1, 0.15) is 41.6 Å². The zero-order valence-electron chi connectivity index (χ0n) is 12.2. The lowest BCUT2D eigenvalue weighted by Crippen LogP contribution is -2.39. The van der Waals surface area contributed by atoms with Gasteiger partial charge in [-0.25, -0.2) is 0 Å². The molecule has 1 heterocycles. The van der Waals surface area contributed by atoms with Crippen molar-refractivity contribution < 1.29 is 14.3 Å². The smallest absolute Gasteiger partial charge is 0.323 e. The summed E-state index contributed by atoms with van der Waals surface area (Å²) in [7, 11) is 0. The van der Waals surface area contributed by atoms with Crippen LogP contribution in [0.15, 0.2) is 22.7 Å². The van der Waals surface area contributed by atoms with Gasteiger partial charge in [-0.3, -0.25) is 9.59 Å². The molecule has 1 aromatic carbocycles. The second kappa shape index (κ2) is 5.46. The maximum atomic E-state index is 12.7. The van der Waals surface area contributed by atoms with Crippen LogP contribution in [0.25, 0.3) is 0 Å². The van der Waals surface area contributed by atoms with Crippen molar-refractivity contribution in [3.8, 4) is 0 Å². The molecule has 0 aromatic heterocycles. The summed E-state index contributed by atoms with van der Waals surface area (Å²) in [6.07, 6.45) is 3.71. The summed E-state index contributed by atoms with van der Waals surface area (Å²) in [5, 5.41) is 3.28. The highest BCUT2D eigenvalue weighted by Crippen LogP contribution is 2.41. The summed E-state index contributed by atoms with van der Waals surface area (Å²) < 4.78 is 6.54. The fourth-order valence-corrected chi connectivity index (χ4v) is 4.04. The van der Waals surface area contributed by atoms with Crippen LogP contribution in [-0.4, -0.2) is 29.9 Å². The highest BCUT2D eigenvalue weighted by atomic mass is 79.9. The Labute approximate surface area is 137 Å². The minimum absolute atomic E-state index is 0.0588. The largest absolute Gasteiger partial charge is 0.453 e. The Morgan fingerprint density at radius 1 is 1.32 bits per heavy atom. The number of ketones is 1. The number of aryl methyl sites for hydroxylation is 1. The molecule has 22 heavy (non-hydrogen) atoms. The van der Waals surface area contributed by atoms with Gasteiger partial charge in [0, 0.05) is 16.1 Å². The number of ether oxygens (including phenoxy) is 1. The molecule has 4 rings (SSSR count). The number of fused-ring (bicyclic) bond motifs is 2. The number of hydrogen-bond acceptors (Lipinski definition) is 4. The number of halogens is 1. The van der Waals surface area contributed by atoms with E-state index in [1.54, 1.807) is 0 Å². The van der Waals surface area contributed by atoms with Crippen molar-refractivity contribution in [1.29, 1.82) is 0 Å². The van der Waals surface area contributed by atoms with Crippen LogP contribution in [0.4, 0.5) is 0 Å². The lowest BCUT2D eigenvalue weighted by atomic mass is 10.0. The minimum atomic E-state index is -0.631. The quantitative estimate of drug-likeness (QED) is 0.648. The number of carbonyl (C=O) groups is 2. The molecule has 1 aromatic rings. The maximum absolute atomic E-state index is 12.7. The number of piperidine rings is 1. The summed E-state index contributed by atoms with van der Waals surface area (Å²) >= 11 is 3.44. The molecule has 3 aliphatic rings. The summed E-state index contributed by atoms with van der Waals surface area (Å²) in [6.45, 7) is 0. The van der Waals surface area contributed by atoms with Gasteiger partial charge in [0.1, 0.15) is 6.04 Å². The molecule has 1 N–H and O–H groups in total. The average Bonchev–Trinajstić information content (AvgIpc) is 3.14. The van der Waals surface area contributed by atoms with E-state index in [1.165, 1.54) is 6.42 Å². The molecule has 0 bridgehead atoms. The first kappa shape index (κ1) is 14.4. The number of rotatable bonds is 2. The maximum Gasteiger partial charge on any atom is 0.323 e. The molecule has 0 amide bonds. The van der Waals surface area contributed by atoms with Crippen LogP contribution in [0.3, 0.4) is 0 Å². The Morgan fingerprint density at radius 2 is 2.18 bits per heavy atom. The number of benzene rings is 1. The first-order valence-corrected chi connectivity index (χ1v) is 8.70. The van der Waals surface area contributed by atoms with Gasteiger partial charge in [-0.1, -0.05) is 15.9 Å². The molecule has 2 aliphatic carbocycles. The Balaban J connectivity index is 1.48. The van der Waals surface area contributed by atoms with Gasteiger partial charge in [-0.05, 0) is 61.8 Å². The SMILES string of the molecule is O=C1c2ccc(Br)cc2CCCC1OC(=O)[C@@H]1CC2CC2N1. The van der Waals surface area contributed by atoms with Gasteiger partial charge in [0.25, 0.3) is 0 Å². The van der Waals surface area contributed by atoms with Crippen LogP contribution < -0.4 is 5.32 Å². The molecule has 4 atom stereocenters.